The monoisotopic (exact) mass is 397 g/mol. The lowest BCUT2D eigenvalue weighted by molar-refractivity contribution is -0.176. The molecule has 0 radical (unpaired) electrons. The van der Waals surface area contributed by atoms with Crippen LogP contribution >= 0.6 is 11.6 Å². The van der Waals surface area contributed by atoms with Crippen LogP contribution < -0.4 is 0 Å². The molecule has 2 aromatic rings. The number of sulfone groups is 1. The van der Waals surface area contributed by atoms with Crippen LogP contribution in [0.2, 0.25) is 5.02 Å². The average molecular weight is 398 g/mol. The summed E-state index contributed by atoms with van der Waals surface area (Å²) in [6, 6.07) is 2.31. The van der Waals surface area contributed by atoms with Crippen LogP contribution in [0.1, 0.15) is 15.9 Å². The van der Waals surface area contributed by atoms with Crippen LogP contribution in [0.5, 0.6) is 0 Å². The summed E-state index contributed by atoms with van der Waals surface area (Å²) in [6.07, 6.45) is -2.74. The Morgan fingerprint density at radius 3 is 2.52 bits per heavy atom. The number of aromatic carboxylic acids is 1. The molecule has 11 heteroatoms. The van der Waals surface area contributed by atoms with Gasteiger partial charge in [0.2, 0.25) is 0 Å². The van der Waals surface area contributed by atoms with E-state index in [-0.39, 0.29) is 27.1 Å². The number of alkyl halides is 3. The third-order valence-corrected chi connectivity index (χ3v) is 4.66. The first kappa shape index (κ1) is 19.4. The molecule has 1 N–H and O–H groups in total. The fourth-order valence-corrected chi connectivity index (χ4v) is 3.68. The number of hydrogen-bond donors (Lipinski definition) is 1. The minimum Gasteiger partial charge on any atom is -0.478 e. The number of fused-ring (bicyclic) bond motifs is 1. The van der Waals surface area contributed by atoms with E-state index in [9.17, 15) is 26.4 Å². The largest absolute Gasteiger partial charge is 0.478 e. The molecule has 0 aliphatic rings. The topological polar surface area (TPSA) is 93.6 Å². The number of halogens is 4. The Kier molecular flexibility index (Phi) is 5.26. The Balaban J connectivity index is 2.67. The van der Waals surface area contributed by atoms with E-state index in [2.05, 4.69) is 9.72 Å². The molecule has 0 atom stereocenters. The molecule has 136 valence electrons. The second kappa shape index (κ2) is 6.77. The van der Waals surface area contributed by atoms with Gasteiger partial charge in [-0.3, -0.25) is 4.98 Å². The summed E-state index contributed by atoms with van der Waals surface area (Å²) in [7, 11) is -3.97. The molecule has 0 unspecified atom stereocenters. The average Bonchev–Trinajstić information content (AvgIpc) is 2.44. The van der Waals surface area contributed by atoms with E-state index in [0.29, 0.717) is 0 Å². The van der Waals surface area contributed by atoms with Crippen LogP contribution in [0.3, 0.4) is 0 Å². The van der Waals surface area contributed by atoms with Gasteiger partial charge in [-0.2, -0.15) is 13.2 Å². The Morgan fingerprint density at radius 1 is 1.36 bits per heavy atom. The SMILES string of the molecule is CS(=O)(=O)c1c(COCC(F)(F)F)c(Cl)cc2ncc(C(=O)O)cc12. The quantitative estimate of drug-likeness (QED) is 0.833. The molecule has 0 aliphatic carbocycles. The van der Waals surface area contributed by atoms with Crippen LogP contribution in [-0.4, -0.2) is 43.5 Å². The summed E-state index contributed by atoms with van der Waals surface area (Å²) in [5.74, 6) is -1.33. The normalized spacial score (nSPS) is 12.5. The molecule has 1 heterocycles. The zero-order valence-corrected chi connectivity index (χ0v) is 14.2. The lowest BCUT2D eigenvalue weighted by atomic mass is 10.1. The summed E-state index contributed by atoms with van der Waals surface area (Å²) < 4.78 is 65.5. The van der Waals surface area contributed by atoms with Crippen molar-refractivity contribution in [3.63, 3.8) is 0 Å². The van der Waals surface area contributed by atoms with Gasteiger partial charge in [-0.1, -0.05) is 11.6 Å². The number of benzene rings is 1. The first-order valence-corrected chi connectivity index (χ1v) is 8.86. The van der Waals surface area contributed by atoms with Crippen LogP contribution in [0.4, 0.5) is 13.2 Å². The molecular weight excluding hydrogens is 387 g/mol. The van der Waals surface area contributed by atoms with E-state index in [4.69, 9.17) is 16.7 Å². The molecule has 0 fully saturated rings. The summed E-state index contributed by atoms with van der Waals surface area (Å²) in [4.78, 5) is 14.5. The highest BCUT2D eigenvalue weighted by Gasteiger charge is 2.29. The molecule has 25 heavy (non-hydrogen) atoms. The lowest BCUT2D eigenvalue weighted by Crippen LogP contribution is -2.17. The van der Waals surface area contributed by atoms with Crippen molar-refractivity contribution in [3.8, 4) is 0 Å². The van der Waals surface area contributed by atoms with Crippen molar-refractivity contribution < 1.29 is 36.2 Å². The Bertz CT molecular complexity index is 944. The summed E-state index contributed by atoms with van der Waals surface area (Å²) >= 11 is 5.98. The first-order valence-electron chi connectivity index (χ1n) is 6.59. The van der Waals surface area contributed by atoms with E-state index in [0.717, 1.165) is 18.5 Å². The van der Waals surface area contributed by atoms with Gasteiger partial charge in [-0.05, 0) is 12.1 Å². The number of aromatic nitrogens is 1. The highest BCUT2D eigenvalue weighted by atomic mass is 35.5. The van der Waals surface area contributed by atoms with Crippen molar-refractivity contribution in [1.29, 1.82) is 0 Å². The Labute approximate surface area is 145 Å². The maximum atomic E-state index is 12.2. The summed E-state index contributed by atoms with van der Waals surface area (Å²) in [5.41, 5.74) is -0.373. The Hall–Kier alpha value is -1.91. The number of carboxylic acid groups (broad SMARTS) is 1. The molecule has 0 bridgehead atoms. The van der Waals surface area contributed by atoms with Gasteiger partial charge in [0, 0.05) is 28.4 Å². The minimum absolute atomic E-state index is 0.0580. The van der Waals surface area contributed by atoms with E-state index < -0.39 is 40.1 Å². The zero-order chi connectivity index (χ0) is 19.0. The smallest absolute Gasteiger partial charge is 0.411 e. The maximum Gasteiger partial charge on any atom is 0.411 e. The number of pyridine rings is 1. The number of rotatable bonds is 5. The van der Waals surface area contributed by atoms with E-state index in [1.807, 2.05) is 0 Å². The van der Waals surface area contributed by atoms with Crippen LogP contribution in [0, 0.1) is 0 Å². The van der Waals surface area contributed by atoms with Gasteiger partial charge in [-0.25, -0.2) is 13.2 Å². The highest BCUT2D eigenvalue weighted by molar-refractivity contribution is 7.91. The van der Waals surface area contributed by atoms with Crippen LogP contribution in [-0.2, 0) is 21.2 Å². The fourth-order valence-electron chi connectivity index (χ4n) is 2.19. The van der Waals surface area contributed by atoms with Crippen molar-refractivity contribution in [3.05, 3.63) is 34.5 Å². The van der Waals surface area contributed by atoms with E-state index >= 15 is 0 Å². The number of carboxylic acids is 1. The summed E-state index contributed by atoms with van der Waals surface area (Å²) in [6.45, 7) is -2.30. The number of nitrogens with zero attached hydrogens (tertiary/aromatic N) is 1. The molecule has 0 saturated heterocycles. The number of hydrogen-bond acceptors (Lipinski definition) is 5. The second-order valence-electron chi connectivity index (χ2n) is 5.14. The van der Waals surface area contributed by atoms with Gasteiger partial charge < -0.3 is 9.84 Å². The molecule has 1 aromatic heterocycles. The van der Waals surface area contributed by atoms with Crippen molar-refractivity contribution in [2.24, 2.45) is 0 Å². The fraction of sp³-hybridized carbons (Fsp3) is 0.286. The number of carbonyl (C=O) groups is 1. The van der Waals surface area contributed by atoms with Crippen molar-refractivity contribution in [1.82, 2.24) is 4.98 Å². The third kappa shape index (κ3) is 4.59. The van der Waals surface area contributed by atoms with Crippen molar-refractivity contribution in [2.45, 2.75) is 17.7 Å². The van der Waals surface area contributed by atoms with Gasteiger partial charge in [0.05, 0.1) is 22.6 Å². The molecule has 1 aromatic carbocycles. The van der Waals surface area contributed by atoms with Crippen LogP contribution in [0.25, 0.3) is 10.9 Å². The molecule has 0 spiro atoms. The van der Waals surface area contributed by atoms with Gasteiger partial charge in [0.15, 0.2) is 9.84 Å². The van der Waals surface area contributed by atoms with E-state index in [1.54, 1.807) is 0 Å². The lowest BCUT2D eigenvalue weighted by Gasteiger charge is -2.15. The second-order valence-corrected chi connectivity index (χ2v) is 7.50. The number of ether oxygens (including phenoxy) is 1. The molecule has 2 rings (SSSR count). The minimum atomic E-state index is -4.59. The van der Waals surface area contributed by atoms with E-state index in [1.165, 1.54) is 6.07 Å². The predicted octanol–water partition coefficient (Wildman–Crippen LogP) is 3.07. The molecular formula is C14H11ClF3NO5S. The van der Waals surface area contributed by atoms with Crippen LogP contribution in [0.15, 0.2) is 23.2 Å². The predicted molar refractivity (Wildman–Crippen MR) is 82.5 cm³/mol. The Morgan fingerprint density at radius 2 is 2.00 bits per heavy atom. The maximum absolute atomic E-state index is 12.2. The summed E-state index contributed by atoms with van der Waals surface area (Å²) in [5, 5.41) is 8.82. The molecule has 0 aliphatic heterocycles. The van der Waals surface area contributed by atoms with Crippen molar-refractivity contribution >= 4 is 38.3 Å². The standard InChI is InChI=1S/C14H11ClF3NO5S/c1-25(22,23)12-8-2-7(13(20)21)4-19-11(8)3-10(15)9(12)5-24-6-14(16,17)18/h2-4H,5-6H2,1H3,(H,20,21). The third-order valence-electron chi connectivity index (χ3n) is 3.12. The van der Waals surface area contributed by atoms with Gasteiger partial charge in [-0.15, -0.1) is 0 Å². The van der Waals surface area contributed by atoms with Gasteiger partial charge >= 0.3 is 12.1 Å². The van der Waals surface area contributed by atoms with Gasteiger partial charge in [0.25, 0.3) is 0 Å². The molecule has 0 saturated carbocycles. The zero-order valence-electron chi connectivity index (χ0n) is 12.6. The molecule has 0 amide bonds. The highest BCUT2D eigenvalue weighted by Crippen LogP contribution is 2.33. The first-order chi connectivity index (χ1) is 11.4. The van der Waals surface area contributed by atoms with Crippen molar-refractivity contribution in [2.75, 3.05) is 12.9 Å². The molecule has 6 nitrogen and oxygen atoms in total. The van der Waals surface area contributed by atoms with Gasteiger partial charge in [0.1, 0.15) is 6.61 Å².